The first-order valence-electron chi connectivity index (χ1n) is 6.37. The van der Waals surface area contributed by atoms with E-state index in [0.717, 1.165) is 33.5 Å². The lowest BCUT2D eigenvalue weighted by molar-refractivity contribution is -0.115. The number of nitrogens with zero attached hydrogens (tertiary/aromatic N) is 2. The molecule has 0 spiro atoms. The summed E-state index contributed by atoms with van der Waals surface area (Å²) in [6, 6.07) is 5.66. The molecule has 0 unspecified atom stereocenters. The largest absolute Gasteiger partial charge is 0.326 e. The second-order valence-corrected chi connectivity index (χ2v) is 4.81. The molecule has 1 amide bonds. The topological polar surface area (TPSA) is 86.5 Å². The van der Waals surface area contributed by atoms with Crippen molar-refractivity contribution in [1.82, 2.24) is 20.4 Å². The Labute approximate surface area is 115 Å². The number of nitrogens with one attached hydrogen (secondary N) is 3. The van der Waals surface area contributed by atoms with E-state index >= 15 is 0 Å². The number of carbonyl (C=O) groups is 1. The van der Waals surface area contributed by atoms with E-state index in [0.29, 0.717) is 6.42 Å². The molecular formula is C14H15N5O. The Hall–Kier alpha value is -2.63. The highest BCUT2D eigenvalue weighted by Gasteiger charge is 2.11. The van der Waals surface area contributed by atoms with Crippen molar-refractivity contribution in [2.24, 2.45) is 0 Å². The van der Waals surface area contributed by atoms with Crippen LogP contribution in [0.15, 0.2) is 24.4 Å². The molecule has 0 fully saturated rings. The number of amides is 1. The second kappa shape index (κ2) is 4.80. The van der Waals surface area contributed by atoms with Gasteiger partial charge in [0.2, 0.25) is 5.91 Å². The molecule has 0 aliphatic rings. The van der Waals surface area contributed by atoms with Gasteiger partial charge in [-0.1, -0.05) is 0 Å². The summed E-state index contributed by atoms with van der Waals surface area (Å²) in [5, 5.41) is 17.7. The normalized spacial score (nSPS) is 10.9. The van der Waals surface area contributed by atoms with Gasteiger partial charge in [0.05, 0.1) is 23.8 Å². The molecule has 2 aromatic heterocycles. The Kier molecular flexibility index (Phi) is 2.98. The third-order valence-corrected chi connectivity index (χ3v) is 3.34. The Morgan fingerprint density at radius 3 is 2.90 bits per heavy atom. The van der Waals surface area contributed by atoms with Crippen molar-refractivity contribution in [1.29, 1.82) is 0 Å². The first-order chi connectivity index (χ1) is 9.63. The lowest BCUT2D eigenvalue weighted by Crippen LogP contribution is -2.15. The molecule has 0 saturated heterocycles. The van der Waals surface area contributed by atoms with Crippen LogP contribution in [0.5, 0.6) is 0 Å². The Balaban J connectivity index is 1.75. The van der Waals surface area contributed by atoms with Gasteiger partial charge in [0, 0.05) is 22.3 Å². The second-order valence-electron chi connectivity index (χ2n) is 4.81. The molecule has 2 heterocycles. The van der Waals surface area contributed by atoms with E-state index in [1.165, 1.54) is 0 Å². The summed E-state index contributed by atoms with van der Waals surface area (Å²) in [6.07, 6.45) is 2.06. The maximum atomic E-state index is 12.1. The molecule has 0 atom stereocenters. The molecule has 1 aromatic carbocycles. The number of hydrogen-bond donors (Lipinski definition) is 3. The third-order valence-electron chi connectivity index (χ3n) is 3.34. The summed E-state index contributed by atoms with van der Waals surface area (Å²) in [5.74, 6) is -0.0588. The number of aryl methyl sites for hydroxylation is 2. The Bertz CT molecular complexity index is 751. The number of fused-ring (bicyclic) bond motifs is 1. The van der Waals surface area contributed by atoms with Gasteiger partial charge in [-0.05, 0) is 32.0 Å². The summed E-state index contributed by atoms with van der Waals surface area (Å²) in [7, 11) is 0. The van der Waals surface area contributed by atoms with Crippen molar-refractivity contribution < 1.29 is 4.79 Å². The maximum Gasteiger partial charge on any atom is 0.228 e. The fraction of sp³-hybridized carbons (Fsp3) is 0.214. The molecule has 3 N–H and O–H groups in total. The van der Waals surface area contributed by atoms with Gasteiger partial charge >= 0.3 is 0 Å². The van der Waals surface area contributed by atoms with Crippen LogP contribution in [0.4, 0.5) is 5.69 Å². The van der Waals surface area contributed by atoms with E-state index in [4.69, 9.17) is 0 Å². The molecule has 3 rings (SSSR count). The number of H-pyrrole nitrogens is 2. The minimum atomic E-state index is -0.0588. The number of aromatic amines is 2. The highest BCUT2D eigenvalue weighted by Crippen LogP contribution is 2.17. The molecule has 20 heavy (non-hydrogen) atoms. The van der Waals surface area contributed by atoms with Crippen molar-refractivity contribution in [3.63, 3.8) is 0 Å². The van der Waals surface area contributed by atoms with Crippen molar-refractivity contribution in [2.75, 3.05) is 5.32 Å². The van der Waals surface area contributed by atoms with Crippen LogP contribution in [0.2, 0.25) is 0 Å². The van der Waals surface area contributed by atoms with Crippen molar-refractivity contribution in [2.45, 2.75) is 20.3 Å². The highest BCUT2D eigenvalue weighted by atomic mass is 16.1. The Morgan fingerprint density at radius 1 is 1.30 bits per heavy atom. The number of rotatable bonds is 3. The van der Waals surface area contributed by atoms with Crippen LogP contribution >= 0.6 is 0 Å². The predicted octanol–water partition coefficient (Wildman–Crippen LogP) is 2.08. The molecular weight excluding hydrogens is 254 g/mol. The fourth-order valence-corrected chi connectivity index (χ4v) is 2.22. The smallest absolute Gasteiger partial charge is 0.228 e. The maximum absolute atomic E-state index is 12.1. The van der Waals surface area contributed by atoms with E-state index in [2.05, 4.69) is 25.7 Å². The molecule has 102 valence electrons. The van der Waals surface area contributed by atoms with Crippen LogP contribution in [0.3, 0.4) is 0 Å². The number of aromatic nitrogens is 4. The van der Waals surface area contributed by atoms with Crippen molar-refractivity contribution >= 4 is 22.5 Å². The standard InChI is InChI=1S/C14H15N5O/c1-8-12(9(2)18-17-8)6-14(20)16-11-4-3-10-7-15-19-13(10)5-11/h3-5,7H,6H2,1-2H3,(H,15,19)(H,16,20)(H,17,18). The fourth-order valence-electron chi connectivity index (χ4n) is 2.22. The van der Waals surface area contributed by atoms with Gasteiger partial charge in [-0.3, -0.25) is 15.0 Å². The third kappa shape index (κ3) is 2.27. The van der Waals surface area contributed by atoms with Crippen molar-refractivity contribution in [3.8, 4) is 0 Å². The minimum Gasteiger partial charge on any atom is -0.326 e. The van der Waals surface area contributed by atoms with Crippen molar-refractivity contribution in [3.05, 3.63) is 41.3 Å². The minimum absolute atomic E-state index is 0.0588. The zero-order valence-electron chi connectivity index (χ0n) is 11.3. The quantitative estimate of drug-likeness (QED) is 0.680. The summed E-state index contributed by atoms with van der Waals surface area (Å²) < 4.78 is 0. The number of anilines is 1. The zero-order valence-corrected chi connectivity index (χ0v) is 11.3. The number of hydrogen-bond acceptors (Lipinski definition) is 3. The molecule has 0 aliphatic carbocycles. The zero-order chi connectivity index (χ0) is 14.1. The average molecular weight is 269 g/mol. The summed E-state index contributed by atoms with van der Waals surface area (Å²) >= 11 is 0. The van der Waals surface area contributed by atoms with E-state index in [1.807, 2.05) is 32.0 Å². The Morgan fingerprint density at radius 2 is 2.15 bits per heavy atom. The van der Waals surface area contributed by atoms with E-state index in [1.54, 1.807) is 6.20 Å². The molecule has 0 saturated carbocycles. The monoisotopic (exact) mass is 269 g/mol. The van der Waals surface area contributed by atoms with Gasteiger partial charge in [0.25, 0.3) is 0 Å². The molecule has 6 nitrogen and oxygen atoms in total. The van der Waals surface area contributed by atoms with Gasteiger partial charge in [-0.25, -0.2) is 0 Å². The first kappa shape index (κ1) is 12.4. The van der Waals surface area contributed by atoms with Crippen LogP contribution in [-0.4, -0.2) is 26.3 Å². The average Bonchev–Trinajstić information content (AvgIpc) is 3.00. The lowest BCUT2D eigenvalue weighted by Gasteiger charge is -2.05. The summed E-state index contributed by atoms with van der Waals surface area (Å²) in [5.41, 5.74) is 4.40. The van der Waals surface area contributed by atoms with Gasteiger partial charge in [0.1, 0.15) is 0 Å². The van der Waals surface area contributed by atoms with Gasteiger partial charge in [0.15, 0.2) is 0 Å². The van der Waals surface area contributed by atoms with Crippen LogP contribution in [0, 0.1) is 13.8 Å². The lowest BCUT2D eigenvalue weighted by atomic mass is 10.1. The van der Waals surface area contributed by atoms with E-state index < -0.39 is 0 Å². The molecule has 0 radical (unpaired) electrons. The molecule has 6 heteroatoms. The van der Waals surface area contributed by atoms with Crippen LogP contribution in [0.1, 0.15) is 17.0 Å². The van der Waals surface area contributed by atoms with E-state index in [9.17, 15) is 4.79 Å². The number of benzene rings is 1. The van der Waals surface area contributed by atoms with Crippen LogP contribution in [-0.2, 0) is 11.2 Å². The molecule has 0 bridgehead atoms. The van der Waals surface area contributed by atoms with Crippen LogP contribution < -0.4 is 5.32 Å². The van der Waals surface area contributed by atoms with E-state index in [-0.39, 0.29) is 5.91 Å². The summed E-state index contributed by atoms with van der Waals surface area (Å²) in [4.78, 5) is 12.1. The number of carbonyl (C=O) groups excluding carboxylic acids is 1. The molecule has 0 aliphatic heterocycles. The summed E-state index contributed by atoms with van der Waals surface area (Å²) in [6.45, 7) is 3.81. The highest BCUT2D eigenvalue weighted by molar-refractivity contribution is 5.94. The van der Waals surface area contributed by atoms with Gasteiger partial charge in [-0.2, -0.15) is 10.2 Å². The van der Waals surface area contributed by atoms with Crippen LogP contribution in [0.25, 0.3) is 10.9 Å². The first-order valence-corrected chi connectivity index (χ1v) is 6.37. The predicted molar refractivity (Wildman–Crippen MR) is 76.5 cm³/mol. The van der Waals surface area contributed by atoms with Gasteiger partial charge < -0.3 is 5.32 Å². The van der Waals surface area contributed by atoms with Gasteiger partial charge in [-0.15, -0.1) is 0 Å². The molecule has 3 aromatic rings. The SMILES string of the molecule is Cc1n[nH]c(C)c1CC(=O)Nc1ccc2cn[nH]c2c1.